The van der Waals surface area contributed by atoms with E-state index in [0.29, 0.717) is 19.7 Å². The van der Waals surface area contributed by atoms with Crippen molar-refractivity contribution in [2.75, 3.05) is 25.0 Å². The summed E-state index contributed by atoms with van der Waals surface area (Å²) in [5, 5.41) is 5.73. The summed E-state index contributed by atoms with van der Waals surface area (Å²) in [6.45, 7) is 3.37. The molecule has 0 spiro atoms. The van der Waals surface area contributed by atoms with Crippen LogP contribution in [-0.4, -0.2) is 42.8 Å². The average Bonchev–Trinajstić information content (AvgIpc) is 2.48. The summed E-state index contributed by atoms with van der Waals surface area (Å²) >= 11 is 3.36. The topological polar surface area (TPSA) is 70.7 Å². The monoisotopic (exact) mass is 369 g/mol. The third-order valence-electron chi connectivity index (χ3n) is 3.44. The Balaban J connectivity index is 1.76. The molecular weight excluding hydrogens is 350 g/mol. The molecule has 1 heterocycles. The molecule has 0 aromatic heterocycles. The molecule has 3 amide bonds. The van der Waals surface area contributed by atoms with Crippen LogP contribution in [0.3, 0.4) is 0 Å². The van der Waals surface area contributed by atoms with Crippen LogP contribution in [0, 0.1) is 0 Å². The van der Waals surface area contributed by atoms with Gasteiger partial charge in [-0.25, -0.2) is 9.59 Å². The maximum Gasteiger partial charge on any atom is 0.409 e. The number of piperidine rings is 1. The van der Waals surface area contributed by atoms with E-state index in [1.807, 2.05) is 24.3 Å². The van der Waals surface area contributed by atoms with Crippen molar-refractivity contribution < 1.29 is 14.3 Å². The van der Waals surface area contributed by atoms with Gasteiger partial charge in [0.2, 0.25) is 0 Å². The molecule has 2 rings (SSSR count). The maximum atomic E-state index is 12.0. The summed E-state index contributed by atoms with van der Waals surface area (Å²) in [7, 11) is 0. The van der Waals surface area contributed by atoms with E-state index in [9.17, 15) is 9.59 Å². The maximum absolute atomic E-state index is 12.0. The van der Waals surface area contributed by atoms with E-state index in [2.05, 4.69) is 26.6 Å². The molecule has 0 atom stereocenters. The largest absolute Gasteiger partial charge is 0.450 e. The van der Waals surface area contributed by atoms with Gasteiger partial charge in [-0.3, -0.25) is 0 Å². The highest BCUT2D eigenvalue weighted by Gasteiger charge is 2.24. The number of urea groups is 1. The first-order valence-electron chi connectivity index (χ1n) is 7.33. The third kappa shape index (κ3) is 4.91. The minimum atomic E-state index is -0.278. The SMILES string of the molecule is CCOC(=O)N1CCC(NC(=O)Nc2cccc(Br)c2)CC1. The van der Waals surface area contributed by atoms with E-state index in [0.717, 1.165) is 23.0 Å². The Kier molecular flexibility index (Phi) is 6.06. The van der Waals surface area contributed by atoms with E-state index in [-0.39, 0.29) is 18.2 Å². The highest BCUT2D eigenvalue weighted by molar-refractivity contribution is 9.10. The fourth-order valence-electron chi connectivity index (χ4n) is 2.34. The van der Waals surface area contributed by atoms with Crippen molar-refractivity contribution in [3.05, 3.63) is 28.7 Å². The van der Waals surface area contributed by atoms with Crippen molar-refractivity contribution in [1.29, 1.82) is 0 Å². The number of carbonyl (C=O) groups excluding carboxylic acids is 2. The number of hydrogen-bond acceptors (Lipinski definition) is 3. The fraction of sp³-hybridized carbons (Fsp3) is 0.467. The number of likely N-dealkylation sites (tertiary alicyclic amines) is 1. The van der Waals surface area contributed by atoms with Crippen LogP contribution in [-0.2, 0) is 4.74 Å². The quantitative estimate of drug-likeness (QED) is 0.859. The van der Waals surface area contributed by atoms with Crippen LogP contribution in [0.2, 0.25) is 0 Å². The van der Waals surface area contributed by atoms with Gasteiger partial charge in [0.25, 0.3) is 0 Å². The molecule has 0 radical (unpaired) electrons. The van der Waals surface area contributed by atoms with E-state index < -0.39 is 0 Å². The number of anilines is 1. The molecule has 0 saturated carbocycles. The lowest BCUT2D eigenvalue weighted by Crippen LogP contribution is -2.47. The number of nitrogens with one attached hydrogen (secondary N) is 2. The lowest BCUT2D eigenvalue weighted by molar-refractivity contribution is 0.0959. The zero-order chi connectivity index (χ0) is 15.9. The van der Waals surface area contributed by atoms with Crippen molar-refractivity contribution in [2.24, 2.45) is 0 Å². The summed E-state index contributed by atoms with van der Waals surface area (Å²) in [5.41, 5.74) is 0.732. The molecule has 1 aliphatic heterocycles. The molecule has 1 saturated heterocycles. The van der Waals surface area contributed by atoms with Gasteiger partial charge >= 0.3 is 12.1 Å². The fourth-order valence-corrected chi connectivity index (χ4v) is 2.74. The van der Waals surface area contributed by atoms with E-state index in [1.54, 1.807) is 11.8 Å². The smallest absolute Gasteiger partial charge is 0.409 e. The Morgan fingerprint density at radius 2 is 2.09 bits per heavy atom. The number of nitrogens with zero attached hydrogens (tertiary/aromatic N) is 1. The van der Waals surface area contributed by atoms with Gasteiger partial charge in [0.1, 0.15) is 0 Å². The van der Waals surface area contributed by atoms with Gasteiger partial charge in [-0.2, -0.15) is 0 Å². The predicted octanol–water partition coefficient (Wildman–Crippen LogP) is 3.19. The molecule has 7 heteroatoms. The zero-order valence-corrected chi connectivity index (χ0v) is 14.1. The van der Waals surface area contributed by atoms with Crippen molar-refractivity contribution in [3.63, 3.8) is 0 Å². The molecule has 1 aliphatic rings. The van der Waals surface area contributed by atoms with E-state index in [4.69, 9.17) is 4.74 Å². The second-order valence-electron chi connectivity index (χ2n) is 5.07. The van der Waals surface area contributed by atoms with Crippen molar-refractivity contribution >= 4 is 33.7 Å². The van der Waals surface area contributed by atoms with E-state index in [1.165, 1.54) is 0 Å². The molecule has 0 bridgehead atoms. The van der Waals surface area contributed by atoms with Crippen molar-refractivity contribution in [3.8, 4) is 0 Å². The Morgan fingerprint density at radius 1 is 1.36 bits per heavy atom. The van der Waals surface area contributed by atoms with Gasteiger partial charge in [-0.1, -0.05) is 22.0 Å². The summed E-state index contributed by atoms with van der Waals surface area (Å²) in [4.78, 5) is 25.2. The minimum absolute atomic E-state index is 0.0674. The molecule has 1 aromatic carbocycles. The lowest BCUT2D eigenvalue weighted by Gasteiger charge is -2.31. The molecule has 1 aromatic rings. The van der Waals surface area contributed by atoms with Crippen LogP contribution >= 0.6 is 15.9 Å². The number of carbonyl (C=O) groups is 2. The number of halogens is 1. The van der Waals surface area contributed by atoms with Gasteiger partial charge in [0, 0.05) is 29.3 Å². The Morgan fingerprint density at radius 3 is 2.73 bits per heavy atom. The van der Waals surface area contributed by atoms with Crippen LogP contribution in [0.15, 0.2) is 28.7 Å². The van der Waals surface area contributed by atoms with Crippen molar-refractivity contribution in [2.45, 2.75) is 25.8 Å². The number of benzene rings is 1. The van der Waals surface area contributed by atoms with E-state index >= 15 is 0 Å². The van der Waals surface area contributed by atoms with Crippen LogP contribution in [0.5, 0.6) is 0 Å². The van der Waals surface area contributed by atoms with Crippen molar-refractivity contribution in [1.82, 2.24) is 10.2 Å². The molecule has 120 valence electrons. The first-order valence-corrected chi connectivity index (χ1v) is 8.12. The highest BCUT2D eigenvalue weighted by atomic mass is 79.9. The highest BCUT2D eigenvalue weighted by Crippen LogP contribution is 2.16. The van der Waals surface area contributed by atoms with Crippen LogP contribution < -0.4 is 10.6 Å². The standard InChI is InChI=1S/C15H20BrN3O3/c1-2-22-15(21)19-8-6-12(7-9-19)17-14(20)18-13-5-3-4-11(16)10-13/h3-5,10,12H,2,6-9H2,1H3,(H2,17,18,20). The Hall–Kier alpha value is -1.76. The average molecular weight is 370 g/mol. The van der Waals surface area contributed by atoms with Crippen LogP contribution in [0.1, 0.15) is 19.8 Å². The van der Waals surface area contributed by atoms with Gasteiger partial charge in [0.15, 0.2) is 0 Å². The first-order chi connectivity index (χ1) is 10.6. The van der Waals surface area contributed by atoms with Crippen LogP contribution in [0.4, 0.5) is 15.3 Å². The molecule has 22 heavy (non-hydrogen) atoms. The number of rotatable bonds is 3. The summed E-state index contributed by atoms with van der Waals surface area (Å²) in [6.07, 6.45) is 1.18. The predicted molar refractivity (Wildman–Crippen MR) is 87.9 cm³/mol. The van der Waals surface area contributed by atoms with Gasteiger partial charge < -0.3 is 20.3 Å². The number of amides is 3. The normalized spacial score (nSPS) is 15.3. The van der Waals surface area contributed by atoms with Crippen LogP contribution in [0.25, 0.3) is 0 Å². The number of hydrogen-bond donors (Lipinski definition) is 2. The van der Waals surface area contributed by atoms with Gasteiger partial charge in [-0.15, -0.1) is 0 Å². The lowest BCUT2D eigenvalue weighted by atomic mass is 10.1. The Bertz CT molecular complexity index is 531. The molecular formula is C15H20BrN3O3. The molecule has 1 fully saturated rings. The molecule has 0 unspecified atom stereocenters. The number of ether oxygens (including phenoxy) is 1. The molecule has 0 aliphatic carbocycles. The second-order valence-corrected chi connectivity index (χ2v) is 5.98. The Labute approximate surface area is 138 Å². The van der Waals surface area contributed by atoms with Gasteiger partial charge in [0.05, 0.1) is 6.61 Å². The molecule has 6 nitrogen and oxygen atoms in total. The summed E-state index contributed by atoms with van der Waals surface area (Å²) < 4.78 is 5.88. The zero-order valence-electron chi connectivity index (χ0n) is 12.5. The van der Waals surface area contributed by atoms with Gasteiger partial charge in [-0.05, 0) is 38.0 Å². The second kappa shape index (κ2) is 8.03. The first kappa shape index (κ1) is 16.6. The third-order valence-corrected chi connectivity index (χ3v) is 3.93. The summed E-state index contributed by atoms with van der Waals surface area (Å²) in [5.74, 6) is 0. The molecule has 2 N–H and O–H groups in total. The summed E-state index contributed by atoms with van der Waals surface area (Å²) in [6, 6.07) is 7.26. The minimum Gasteiger partial charge on any atom is -0.450 e.